The SMILES string of the molecule is CCc1ccc([C@H](C)NC(=O)COC(=O)CSc2cc(F)ccc2F)cc1. The topological polar surface area (TPSA) is 55.4 Å². The molecule has 0 radical (unpaired) electrons. The number of hydrogen-bond donors (Lipinski definition) is 1. The minimum Gasteiger partial charge on any atom is -0.455 e. The third-order valence-electron chi connectivity index (χ3n) is 3.87. The van der Waals surface area contributed by atoms with Crippen LogP contribution in [0.1, 0.15) is 31.0 Å². The Morgan fingerprint density at radius 3 is 2.52 bits per heavy atom. The summed E-state index contributed by atoms with van der Waals surface area (Å²) in [6, 6.07) is 10.7. The molecule has 144 valence electrons. The maximum atomic E-state index is 13.5. The molecule has 4 nitrogen and oxygen atoms in total. The first kappa shape index (κ1) is 20.9. The molecule has 0 fully saturated rings. The quantitative estimate of drug-likeness (QED) is 0.543. The van der Waals surface area contributed by atoms with E-state index in [1.165, 1.54) is 5.56 Å². The Labute approximate surface area is 161 Å². The Hall–Kier alpha value is -2.41. The molecule has 27 heavy (non-hydrogen) atoms. The first-order valence-electron chi connectivity index (χ1n) is 8.50. The van der Waals surface area contributed by atoms with E-state index in [1.807, 2.05) is 31.2 Å². The number of thioether (sulfide) groups is 1. The normalized spacial score (nSPS) is 11.7. The second kappa shape index (κ2) is 10.1. The number of amides is 1. The summed E-state index contributed by atoms with van der Waals surface area (Å²) in [5.74, 6) is -2.54. The van der Waals surface area contributed by atoms with Crippen LogP contribution in [0.3, 0.4) is 0 Å². The van der Waals surface area contributed by atoms with Crippen molar-refractivity contribution in [1.29, 1.82) is 0 Å². The molecule has 0 unspecified atom stereocenters. The van der Waals surface area contributed by atoms with E-state index in [0.717, 1.165) is 41.9 Å². The number of halogens is 2. The Bertz CT molecular complexity index is 796. The fourth-order valence-corrected chi connectivity index (χ4v) is 3.08. The minimum atomic E-state index is -0.682. The molecular weight excluding hydrogens is 372 g/mol. The molecule has 0 saturated carbocycles. The molecule has 1 amide bonds. The lowest BCUT2D eigenvalue weighted by Gasteiger charge is -2.15. The van der Waals surface area contributed by atoms with E-state index < -0.39 is 30.1 Å². The number of carbonyl (C=O) groups is 2. The maximum Gasteiger partial charge on any atom is 0.316 e. The molecule has 2 aromatic carbocycles. The molecule has 1 atom stereocenters. The number of aryl methyl sites for hydroxylation is 1. The minimum absolute atomic E-state index is 0.0144. The first-order chi connectivity index (χ1) is 12.9. The van der Waals surface area contributed by atoms with Crippen LogP contribution in [0.25, 0.3) is 0 Å². The van der Waals surface area contributed by atoms with Gasteiger partial charge in [-0.3, -0.25) is 9.59 Å². The predicted molar refractivity (Wildman–Crippen MR) is 100 cm³/mol. The fourth-order valence-electron chi connectivity index (χ4n) is 2.32. The summed E-state index contributed by atoms with van der Waals surface area (Å²) in [5, 5.41) is 2.75. The summed E-state index contributed by atoms with van der Waals surface area (Å²) in [7, 11) is 0. The molecule has 0 aliphatic rings. The van der Waals surface area contributed by atoms with Gasteiger partial charge in [0.05, 0.1) is 11.8 Å². The van der Waals surface area contributed by atoms with Gasteiger partial charge in [0.15, 0.2) is 6.61 Å². The highest BCUT2D eigenvalue weighted by Gasteiger charge is 2.13. The van der Waals surface area contributed by atoms with Gasteiger partial charge in [0, 0.05) is 4.90 Å². The summed E-state index contributed by atoms with van der Waals surface area (Å²) in [6.45, 7) is 3.47. The molecule has 0 saturated heterocycles. The zero-order chi connectivity index (χ0) is 19.8. The number of esters is 1. The zero-order valence-electron chi connectivity index (χ0n) is 15.1. The van der Waals surface area contributed by atoms with Gasteiger partial charge in [-0.15, -0.1) is 11.8 Å². The van der Waals surface area contributed by atoms with Crippen LogP contribution in [0.15, 0.2) is 47.4 Å². The van der Waals surface area contributed by atoms with Crippen LogP contribution >= 0.6 is 11.8 Å². The number of ether oxygens (including phenoxy) is 1. The van der Waals surface area contributed by atoms with Crippen LogP contribution in [0.4, 0.5) is 8.78 Å². The molecule has 0 spiro atoms. The van der Waals surface area contributed by atoms with Crippen molar-refractivity contribution in [3.63, 3.8) is 0 Å². The van der Waals surface area contributed by atoms with Crippen molar-refractivity contribution in [1.82, 2.24) is 5.32 Å². The van der Waals surface area contributed by atoms with Crippen molar-refractivity contribution in [2.75, 3.05) is 12.4 Å². The van der Waals surface area contributed by atoms with Gasteiger partial charge in [-0.05, 0) is 42.7 Å². The highest BCUT2D eigenvalue weighted by Crippen LogP contribution is 2.22. The van der Waals surface area contributed by atoms with Crippen molar-refractivity contribution >= 4 is 23.6 Å². The summed E-state index contributed by atoms with van der Waals surface area (Å²) < 4.78 is 31.4. The van der Waals surface area contributed by atoms with Crippen LogP contribution in [0.5, 0.6) is 0 Å². The Kier molecular flexibility index (Phi) is 7.79. The second-order valence-corrected chi connectivity index (χ2v) is 6.93. The summed E-state index contributed by atoms with van der Waals surface area (Å²) in [4.78, 5) is 23.6. The van der Waals surface area contributed by atoms with Crippen LogP contribution < -0.4 is 5.32 Å². The number of benzene rings is 2. The van der Waals surface area contributed by atoms with E-state index in [2.05, 4.69) is 12.2 Å². The van der Waals surface area contributed by atoms with E-state index >= 15 is 0 Å². The van der Waals surface area contributed by atoms with Crippen LogP contribution in [-0.2, 0) is 20.7 Å². The Balaban J connectivity index is 1.75. The van der Waals surface area contributed by atoms with Crippen molar-refractivity contribution in [3.8, 4) is 0 Å². The molecule has 0 aliphatic carbocycles. The van der Waals surface area contributed by atoms with Crippen molar-refractivity contribution in [2.24, 2.45) is 0 Å². The van der Waals surface area contributed by atoms with Gasteiger partial charge in [0.2, 0.25) is 0 Å². The maximum absolute atomic E-state index is 13.5. The third-order valence-corrected chi connectivity index (χ3v) is 4.87. The lowest BCUT2D eigenvalue weighted by Crippen LogP contribution is -2.31. The molecule has 0 aliphatic heterocycles. The predicted octanol–water partition coefficient (Wildman–Crippen LogP) is 4.04. The summed E-state index contributed by atoms with van der Waals surface area (Å²) in [5.41, 5.74) is 2.16. The molecule has 2 aromatic rings. The van der Waals surface area contributed by atoms with Gasteiger partial charge < -0.3 is 10.1 Å². The third kappa shape index (κ3) is 6.67. The Morgan fingerprint density at radius 1 is 1.15 bits per heavy atom. The molecule has 0 aromatic heterocycles. The van der Waals surface area contributed by atoms with Crippen molar-refractivity contribution < 1.29 is 23.1 Å². The van der Waals surface area contributed by atoms with E-state index in [-0.39, 0.29) is 16.7 Å². The lowest BCUT2D eigenvalue weighted by atomic mass is 10.1. The van der Waals surface area contributed by atoms with Gasteiger partial charge >= 0.3 is 5.97 Å². The number of hydrogen-bond acceptors (Lipinski definition) is 4. The van der Waals surface area contributed by atoms with Gasteiger partial charge in [-0.2, -0.15) is 0 Å². The molecule has 7 heteroatoms. The smallest absolute Gasteiger partial charge is 0.316 e. The summed E-state index contributed by atoms with van der Waals surface area (Å²) >= 11 is 0.814. The number of carbonyl (C=O) groups excluding carboxylic acids is 2. The van der Waals surface area contributed by atoms with Gasteiger partial charge in [-0.25, -0.2) is 8.78 Å². The molecule has 0 bridgehead atoms. The first-order valence-corrected chi connectivity index (χ1v) is 9.49. The molecule has 0 heterocycles. The van der Waals surface area contributed by atoms with Gasteiger partial charge in [-0.1, -0.05) is 31.2 Å². The highest BCUT2D eigenvalue weighted by molar-refractivity contribution is 8.00. The zero-order valence-corrected chi connectivity index (χ0v) is 15.9. The number of nitrogens with one attached hydrogen (secondary N) is 1. The average Bonchev–Trinajstić information content (AvgIpc) is 2.67. The van der Waals surface area contributed by atoms with E-state index in [1.54, 1.807) is 0 Å². The van der Waals surface area contributed by atoms with Crippen molar-refractivity contribution in [3.05, 3.63) is 65.2 Å². The van der Waals surface area contributed by atoms with E-state index in [4.69, 9.17) is 4.74 Å². The molecular formula is C20H21F2NO3S. The van der Waals surface area contributed by atoms with Crippen molar-refractivity contribution in [2.45, 2.75) is 31.2 Å². The number of rotatable bonds is 8. The van der Waals surface area contributed by atoms with E-state index in [0.29, 0.717) is 0 Å². The van der Waals surface area contributed by atoms with Gasteiger partial charge in [0.1, 0.15) is 11.6 Å². The highest BCUT2D eigenvalue weighted by atomic mass is 32.2. The summed E-state index contributed by atoms with van der Waals surface area (Å²) in [6.07, 6.45) is 0.939. The lowest BCUT2D eigenvalue weighted by molar-refractivity contribution is -0.146. The second-order valence-electron chi connectivity index (χ2n) is 5.91. The fraction of sp³-hybridized carbons (Fsp3) is 0.300. The van der Waals surface area contributed by atoms with Crippen LogP contribution in [0, 0.1) is 11.6 Å². The standard InChI is InChI=1S/C20H21F2NO3S/c1-3-14-4-6-15(7-5-14)13(2)23-19(24)11-26-20(25)12-27-18-10-16(21)8-9-17(18)22/h4-10,13H,3,11-12H2,1-2H3,(H,23,24)/t13-/m0/s1. The molecule has 2 rings (SSSR count). The van der Waals surface area contributed by atoms with Crippen LogP contribution in [0.2, 0.25) is 0 Å². The van der Waals surface area contributed by atoms with Crippen LogP contribution in [-0.4, -0.2) is 24.2 Å². The Morgan fingerprint density at radius 2 is 1.85 bits per heavy atom. The van der Waals surface area contributed by atoms with Gasteiger partial charge in [0.25, 0.3) is 5.91 Å². The monoisotopic (exact) mass is 393 g/mol. The molecule has 1 N–H and O–H groups in total. The van der Waals surface area contributed by atoms with E-state index in [9.17, 15) is 18.4 Å². The largest absolute Gasteiger partial charge is 0.455 e. The average molecular weight is 393 g/mol.